The van der Waals surface area contributed by atoms with E-state index in [2.05, 4.69) is 5.32 Å². The van der Waals surface area contributed by atoms with Gasteiger partial charge in [-0.1, -0.05) is 6.07 Å². The number of fused-ring (bicyclic) bond motifs is 1. The highest BCUT2D eigenvalue weighted by Crippen LogP contribution is 2.28. The molecule has 0 spiro atoms. The first-order valence-electron chi connectivity index (χ1n) is 8.41. The molecule has 0 bridgehead atoms. The van der Waals surface area contributed by atoms with Gasteiger partial charge < -0.3 is 19.5 Å². The number of esters is 1. The molecule has 1 amide bonds. The van der Waals surface area contributed by atoms with Gasteiger partial charge in [-0.25, -0.2) is 4.79 Å². The number of nitrogens with one attached hydrogen (secondary N) is 1. The summed E-state index contributed by atoms with van der Waals surface area (Å²) in [4.78, 5) is 24.2. The molecule has 0 aliphatic heterocycles. The summed E-state index contributed by atoms with van der Waals surface area (Å²) in [6, 6.07) is 10.6. The van der Waals surface area contributed by atoms with Gasteiger partial charge in [0.25, 0.3) is 5.91 Å². The summed E-state index contributed by atoms with van der Waals surface area (Å²) in [6.07, 6.45) is 3.27. The maximum absolute atomic E-state index is 12.1. The summed E-state index contributed by atoms with van der Waals surface area (Å²) in [5, 5.41) is 2.76. The summed E-state index contributed by atoms with van der Waals surface area (Å²) in [7, 11) is 3.00. The summed E-state index contributed by atoms with van der Waals surface area (Å²) in [5.41, 5.74) is 3.61. The van der Waals surface area contributed by atoms with Crippen molar-refractivity contribution in [2.45, 2.75) is 19.3 Å². The van der Waals surface area contributed by atoms with E-state index in [1.807, 2.05) is 18.2 Å². The fraction of sp³-hybridized carbons (Fsp3) is 0.300. The molecule has 26 heavy (non-hydrogen) atoms. The van der Waals surface area contributed by atoms with Crippen LogP contribution in [0, 0.1) is 0 Å². The second kappa shape index (κ2) is 7.91. The van der Waals surface area contributed by atoms with Crippen molar-refractivity contribution < 1.29 is 23.8 Å². The Morgan fingerprint density at radius 2 is 1.73 bits per heavy atom. The molecule has 1 N–H and O–H groups in total. The molecule has 6 nitrogen and oxygen atoms in total. The average Bonchev–Trinajstić information content (AvgIpc) is 3.13. The molecule has 1 aliphatic carbocycles. The molecule has 0 unspecified atom stereocenters. The average molecular weight is 355 g/mol. The zero-order chi connectivity index (χ0) is 18.5. The molecule has 6 heteroatoms. The smallest absolute Gasteiger partial charge is 0.338 e. The second-order valence-corrected chi connectivity index (χ2v) is 6.03. The lowest BCUT2D eigenvalue weighted by Crippen LogP contribution is -2.21. The fourth-order valence-corrected chi connectivity index (χ4v) is 3.02. The van der Waals surface area contributed by atoms with Crippen LogP contribution in [0.15, 0.2) is 36.4 Å². The molecule has 1 aliphatic rings. The van der Waals surface area contributed by atoms with E-state index in [-0.39, 0.29) is 18.1 Å². The first kappa shape index (κ1) is 17.8. The van der Waals surface area contributed by atoms with Crippen LogP contribution in [-0.4, -0.2) is 32.7 Å². The van der Waals surface area contributed by atoms with Crippen LogP contribution in [0.25, 0.3) is 0 Å². The number of carbonyl (C=O) groups excluding carboxylic acids is 2. The Kier molecular flexibility index (Phi) is 5.41. The minimum Gasteiger partial charge on any atom is -0.493 e. The number of hydrogen-bond acceptors (Lipinski definition) is 5. The van der Waals surface area contributed by atoms with Crippen LogP contribution in [0.3, 0.4) is 0 Å². The van der Waals surface area contributed by atoms with Crippen LogP contribution in [0.4, 0.5) is 5.69 Å². The number of ether oxygens (including phenoxy) is 3. The molecule has 0 fully saturated rings. The number of benzene rings is 2. The zero-order valence-electron chi connectivity index (χ0n) is 14.8. The van der Waals surface area contributed by atoms with Gasteiger partial charge in [0.1, 0.15) is 0 Å². The van der Waals surface area contributed by atoms with Gasteiger partial charge in [-0.2, -0.15) is 0 Å². The summed E-state index contributed by atoms with van der Waals surface area (Å²) < 4.78 is 15.4. The van der Waals surface area contributed by atoms with Gasteiger partial charge in [-0.3, -0.25) is 4.79 Å². The Bertz CT molecular complexity index is 831. The van der Waals surface area contributed by atoms with E-state index in [4.69, 9.17) is 14.2 Å². The minimum atomic E-state index is -0.602. The number of hydrogen-bond donors (Lipinski definition) is 1. The van der Waals surface area contributed by atoms with E-state index in [9.17, 15) is 9.59 Å². The number of anilines is 1. The van der Waals surface area contributed by atoms with E-state index in [0.29, 0.717) is 11.5 Å². The van der Waals surface area contributed by atoms with Crippen molar-refractivity contribution in [1.29, 1.82) is 0 Å². The fourth-order valence-electron chi connectivity index (χ4n) is 3.02. The topological polar surface area (TPSA) is 73.9 Å². The maximum Gasteiger partial charge on any atom is 0.338 e. The number of methoxy groups -OCH3 is 2. The number of rotatable bonds is 6. The third-order valence-electron chi connectivity index (χ3n) is 4.34. The molecule has 0 saturated heterocycles. The monoisotopic (exact) mass is 355 g/mol. The van der Waals surface area contributed by atoms with Crippen molar-refractivity contribution in [1.82, 2.24) is 0 Å². The molecule has 0 saturated carbocycles. The van der Waals surface area contributed by atoms with Crippen LogP contribution in [0.1, 0.15) is 27.9 Å². The van der Waals surface area contributed by atoms with E-state index in [1.54, 1.807) is 12.1 Å². The molecular weight excluding hydrogens is 334 g/mol. The van der Waals surface area contributed by atoms with E-state index < -0.39 is 5.97 Å². The van der Waals surface area contributed by atoms with Crippen LogP contribution < -0.4 is 14.8 Å². The summed E-state index contributed by atoms with van der Waals surface area (Å²) in [6.45, 7) is -0.357. The quantitative estimate of drug-likeness (QED) is 0.807. The first-order chi connectivity index (χ1) is 12.6. The van der Waals surface area contributed by atoms with Gasteiger partial charge in [-0.15, -0.1) is 0 Å². The Hall–Kier alpha value is -3.02. The Morgan fingerprint density at radius 3 is 2.50 bits per heavy atom. The molecule has 2 aromatic rings. The lowest BCUT2D eigenvalue weighted by Gasteiger charge is -2.10. The minimum absolute atomic E-state index is 0.285. The SMILES string of the molecule is COc1ccc(C(=O)OCC(=O)Nc2ccc3c(c2)CCC3)cc1OC. The molecule has 2 aromatic carbocycles. The van der Waals surface area contributed by atoms with Crippen LogP contribution >= 0.6 is 0 Å². The zero-order valence-corrected chi connectivity index (χ0v) is 14.8. The molecule has 136 valence electrons. The molecule has 0 radical (unpaired) electrons. The number of carbonyl (C=O) groups is 2. The van der Waals surface area contributed by atoms with Crippen molar-refractivity contribution in [3.05, 3.63) is 53.1 Å². The Balaban J connectivity index is 1.56. The maximum atomic E-state index is 12.1. The number of aryl methyl sites for hydroxylation is 2. The lowest BCUT2D eigenvalue weighted by molar-refractivity contribution is -0.119. The van der Waals surface area contributed by atoms with Gasteiger partial charge in [0.05, 0.1) is 19.8 Å². The van der Waals surface area contributed by atoms with Crippen LogP contribution in [0.5, 0.6) is 11.5 Å². The third-order valence-corrected chi connectivity index (χ3v) is 4.34. The van der Waals surface area contributed by atoms with Crippen LogP contribution in [0.2, 0.25) is 0 Å². The highest BCUT2D eigenvalue weighted by atomic mass is 16.5. The predicted molar refractivity (Wildman–Crippen MR) is 96.9 cm³/mol. The second-order valence-electron chi connectivity index (χ2n) is 6.03. The Labute approximate surface area is 152 Å². The van der Waals surface area contributed by atoms with E-state index >= 15 is 0 Å². The standard InChI is InChI=1S/C20H21NO5/c1-24-17-9-7-15(11-18(17)25-2)20(23)26-12-19(22)21-16-8-6-13-4-3-5-14(13)10-16/h6-11H,3-5,12H2,1-2H3,(H,21,22). The van der Waals surface area contributed by atoms with Crippen molar-refractivity contribution in [3.63, 3.8) is 0 Å². The molecule has 0 atom stereocenters. The highest BCUT2D eigenvalue weighted by Gasteiger charge is 2.15. The Morgan fingerprint density at radius 1 is 0.962 bits per heavy atom. The van der Waals surface area contributed by atoms with Crippen molar-refractivity contribution in [2.75, 3.05) is 26.1 Å². The lowest BCUT2D eigenvalue weighted by atomic mass is 10.1. The third kappa shape index (κ3) is 3.96. The normalized spacial score (nSPS) is 12.2. The van der Waals surface area contributed by atoms with E-state index in [0.717, 1.165) is 24.9 Å². The van der Waals surface area contributed by atoms with Crippen LogP contribution in [-0.2, 0) is 22.4 Å². The van der Waals surface area contributed by atoms with Gasteiger partial charge in [0.15, 0.2) is 18.1 Å². The van der Waals surface area contributed by atoms with Gasteiger partial charge in [-0.05, 0) is 60.7 Å². The first-order valence-corrected chi connectivity index (χ1v) is 8.41. The summed E-state index contributed by atoms with van der Waals surface area (Å²) in [5.74, 6) is -0.0465. The van der Waals surface area contributed by atoms with E-state index in [1.165, 1.54) is 31.4 Å². The molecule has 0 heterocycles. The molecular formula is C20H21NO5. The van der Waals surface area contributed by atoms with Gasteiger partial charge in [0, 0.05) is 5.69 Å². The largest absolute Gasteiger partial charge is 0.493 e. The molecule has 0 aromatic heterocycles. The molecule has 3 rings (SSSR count). The van der Waals surface area contributed by atoms with Gasteiger partial charge >= 0.3 is 5.97 Å². The predicted octanol–water partition coefficient (Wildman–Crippen LogP) is 2.99. The van der Waals surface area contributed by atoms with Gasteiger partial charge in [0.2, 0.25) is 0 Å². The van der Waals surface area contributed by atoms with Crippen molar-refractivity contribution in [2.24, 2.45) is 0 Å². The van der Waals surface area contributed by atoms with Crippen molar-refractivity contribution >= 4 is 17.6 Å². The highest BCUT2D eigenvalue weighted by molar-refractivity contribution is 5.95. The summed E-state index contributed by atoms with van der Waals surface area (Å²) >= 11 is 0. The van der Waals surface area contributed by atoms with Crippen molar-refractivity contribution in [3.8, 4) is 11.5 Å². The number of amides is 1.